The lowest BCUT2D eigenvalue weighted by atomic mass is 10.1. The highest BCUT2D eigenvalue weighted by molar-refractivity contribution is 7.92. The summed E-state index contributed by atoms with van der Waals surface area (Å²) in [5.74, 6) is 0.915. The number of nitrogens with zero attached hydrogens (tertiary/aromatic N) is 4. The second-order valence-corrected chi connectivity index (χ2v) is 12.6. The number of nitriles is 1. The van der Waals surface area contributed by atoms with Crippen LogP contribution in [0.4, 0.5) is 20.7 Å². The van der Waals surface area contributed by atoms with Crippen molar-refractivity contribution in [2.24, 2.45) is 0 Å². The number of rotatable bonds is 8. The number of amides is 2. The summed E-state index contributed by atoms with van der Waals surface area (Å²) in [5.41, 5.74) is 1.74. The highest BCUT2D eigenvalue weighted by Crippen LogP contribution is 2.56. The third kappa shape index (κ3) is 5.70. The molecular weight excluding hydrogens is 571 g/mol. The number of ether oxygens (including phenoxy) is 1. The van der Waals surface area contributed by atoms with Crippen molar-refractivity contribution >= 4 is 39.0 Å². The number of urea groups is 1. The maximum absolute atomic E-state index is 14.0. The molecule has 1 aliphatic carbocycles. The zero-order valence-electron chi connectivity index (χ0n) is 22.2. The molecule has 5 rings (SSSR count). The monoisotopic (exact) mass is 598 g/mol. The molecule has 2 aromatic carbocycles. The molecule has 1 atom stereocenters. The molecule has 2 aliphatic rings. The van der Waals surface area contributed by atoms with Crippen molar-refractivity contribution in [1.82, 2.24) is 15.3 Å². The fourth-order valence-electron chi connectivity index (χ4n) is 4.83. The van der Waals surface area contributed by atoms with Gasteiger partial charge >= 0.3 is 6.03 Å². The number of alkyl halides is 1. The fraction of sp³-hybridized carbons (Fsp3) is 0.357. The third-order valence-corrected chi connectivity index (χ3v) is 10.2. The predicted molar refractivity (Wildman–Crippen MR) is 152 cm³/mol. The molecular formula is C28H28ClFN6O4S. The number of carbonyl (C=O) groups is 1. The Morgan fingerprint density at radius 1 is 1.22 bits per heavy atom. The molecule has 1 saturated carbocycles. The molecule has 1 saturated heterocycles. The largest absolute Gasteiger partial charge is 0.377 e. The molecule has 10 nitrogen and oxygen atoms in total. The van der Waals surface area contributed by atoms with Gasteiger partial charge in [0.25, 0.3) is 0 Å². The zero-order chi connectivity index (χ0) is 29.2. The highest BCUT2D eigenvalue weighted by Gasteiger charge is 2.58. The van der Waals surface area contributed by atoms with Gasteiger partial charge in [0.2, 0.25) is 0 Å². The number of carbonyl (C=O) groups excluding carboxylic acids is 1. The van der Waals surface area contributed by atoms with E-state index < -0.39 is 27.3 Å². The first kappa shape index (κ1) is 28.7. The van der Waals surface area contributed by atoms with Crippen LogP contribution < -0.4 is 15.5 Å². The number of halogens is 2. The zero-order valence-corrected chi connectivity index (χ0v) is 23.8. The summed E-state index contributed by atoms with van der Waals surface area (Å²) in [4.78, 5) is 23.5. The third-order valence-electron chi connectivity index (χ3n) is 7.19. The molecule has 0 radical (unpaired) electrons. The second-order valence-electron chi connectivity index (χ2n) is 9.95. The maximum Gasteiger partial charge on any atom is 0.319 e. The van der Waals surface area contributed by atoms with Crippen LogP contribution in [-0.2, 0) is 19.3 Å². The molecule has 1 aliphatic heterocycles. The normalized spacial score (nSPS) is 17.9. The molecule has 0 unspecified atom stereocenters. The molecule has 1 aromatic heterocycles. The molecule has 214 valence electrons. The van der Waals surface area contributed by atoms with E-state index in [1.54, 1.807) is 30.3 Å². The van der Waals surface area contributed by atoms with E-state index in [2.05, 4.69) is 15.5 Å². The van der Waals surface area contributed by atoms with Crippen LogP contribution in [0.3, 0.4) is 0 Å². The minimum Gasteiger partial charge on any atom is -0.377 e. The smallest absolute Gasteiger partial charge is 0.319 e. The van der Waals surface area contributed by atoms with Crippen molar-refractivity contribution < 1.29 is 22.3 Å². The number of hydrogen-bond acceptors (Lipinski definition) is 8. The predicted octanol–water partition coefficient (Wildman–Crippen LogP) is 4.45. The Morgan fingerprint density at radius 3 is 2.61 bits per heavy atom. The van der Waals surface area contributed by atoms with Crippen LogP contribution >= 0.6 is 11.6 Å². The Morgan fingerprint density at radius 2 is 1.98 bits per heavy atom. The summed E-state index contributed by atoms with van der Waals surface area (Å²) in [6.45, 7) is 2.84. The molecule has 13 heteroatoms. The molecule has 41 heavy (non-hydrogen) atoms. The first-order valence-corrected chi connectivity index (χ1v) is 14.9. The van der Waals surface area contributed by atoms with Gasteiger partial charge in [-0.3, -0.25) is 0 Å². The number of anilines is 2. The summed E-state index contributed by atoms with van der Waals surface area (Å²) < 4.78 is 44.7. The fourth-order valence-corrected chi connectivity index (χ4v) is 7.31. The minimum atomic E-state index is -3.98. The van der Waals surface area contributed by atoms with Crippen molar-refractivity contribution in [2.45, 2.75) is 35.4 Å². The molecule has 0 spiro atoms. The number of sulfone groups is 1. The van der Waals surface area contributed by atoms with E-state index >= 15 is 0 Å². The van der Waals surface area contributed by atoms with Crippen molar-refractivity contribution in [3.05, 3.63) is 64.8 Å². The lowest BCUT2D eigenvalue weighted by Crippen LogP contribution is -2.44. The number of aromatic nitrogens is 2. The number of hydrogen-bond donors (Lipinski definition) is 2. The van der Waals surface area contributed by atoms with Crippen LogP contribution in [0.25, 0.3) is 11.4 Å². The van der Waals surface area contributed by atoms with Crippen LogP contribution in [0.5, 0.6) is 0 Å². The molecule has 2 fully saturated rings. The van der Waals surface area contributed by atoms with Crippen molar-refractivity contribution in [3.8, 4) is 17.5 Å². The number of nitrogens with one attached hydrogen (secondary N) is 2. The van der Waals surface area contributed by atoms with Crippen molar-refractivity contribution in [1.29, 1.82) is 5.26 Å². The van der Waals surface area contributed by atoms with Gasteiger partial charge in [-0.1, -0.05) is 11.6 Å². The van der Waals surface area contributed by atoms with Gasteiger partial charge in [0, 0.05) is 30.4 Å². The molecule has 2 N–H and O–H groups in total. The van der Waals surface area contributed by atoms with Gasteiger partial charge in [0.15, 0.2) is 15.7 Å². The van der Waals surface area contributed by atoms with Crippen LogP contribution in [0, 0.1) is 11.3 Å². The first-order valence-electron chi connectivity index (χ1n) is 13.1. The van der Waals surface area contributed by atoms with E-state index in [1.165, 1.54) is 18.2 Å². The minimum absolute atomic E-state index is 0.00786. The number of benzene rings is 2. The Labute approximate surface area is 242 Å². The lowest BCUT2D eigenvalue weighted by molar-refractivity contribution is 0.0985. The van der Waals surface area contributed by atoms with Gasteiger partial charge < -0.3 is 20.3 Å². The van der Waals surface area contributed by atoms with Gasteiger partial charge in [-0.25, -0.2) is 27.6 Å². The molecule has 3 aromatic rings. The van der Waals surface area contributed by atoms with Gasteiger partial charge in [0.1, 0.15) is 17.2 Å². The summed E-state index contributed by atoms with van der Waals surface area (Å²) >= 11 is 6.35. The summed E-state index contributed by atoms with van der Waals surface area (Å²) in [5, 5.41) is 14.2. The highest BCUT2D eigenvalue weighted by atomic mass is 35.5. The summed E-state index contributed by atoms with van der Waals surface area (Å²) in [7, 11) is -3.98. The molecule has 2 amide bonds. The first-order chi connectivity index (χ1) is 19.7. The standard InChI is InChI=1S/C28H28ClFN6O4S/c1-18-17-40-13-12-36(18)25-15-24(28(8-9-28)41(38,39)23-7-2-19(16-31)14-22(23)29)34-26(35-25)20-3-5-21(6-4-20)33-27(37)32-11-10-30/h2-7,14-15,18H,8-13,17H2,1H3,(H2,32,33,37)/t18-/m0/s1. The lowest BCUT2D eigenvalue weighted by Gasteiger charge is -2.34. The van der Waals surface area contributed by atoms with Gasteiger partial charge in [-0.05, 0) is 62.2 Å². The van der Waals surface area contributed by atoms with Gasteiger partial charge in [-0.2, -0.15) is 5.26 Å². The Hall–Kier alpha value is -3.79. The average Bonchev–Trinajstić information content (AvgIpc) is 3.79. The Bertz CT molecular complexity index is 1610. The van der Waals surface area contributed by atoms with E-state index in [9.17, 15) is 22.9 Å². The van der Waals surface area contributed by atoms with Crippen molar-refractivity contribution in [3.63, 3.8) is 0 Å². The summed E-state index contributed by atoms with van der Waals surface area (Å²) in [6.07, 6.45) is 0.716. The second kappa shape index (κ2) is 11.6. The van der Waals surface area contributed by atoms with Gasteiger partial charge in [-0.15, -0.1) is 0 Å². The Balaban J connectivity index is 1.55. The van der Waals surface area contributed by atoms with Gasteiger partial charge in [0.05, 0.1) is 46.5 Å². The van der Waals surface area contributed by atoms with E-state index in [0.717, 1.165) is 0 Å². The van der Waals surface area contributed by atoms with E-state index in [4.69, 9.17) is 26.3 Å². The Kier molecular flexibility index (Phi) is 8.13. The average molecular weight is 599 g/mol. The van der Waals surface area contributed by atoms with Crippen LogP contribution in [0.1, 0.15) is 31.0 Å². The maximum atomic E-state index is 14.0. The van der Waals surface area contributed by atoms with E-state index in [1.807, 2.05) is 13.0 Å². The molecule has 2 heterocycles. The number of morpholine rings is 1. The summed E-state index contributed by atoms with van der Waals surface area (Å²) in [6, 6.07) is 14.1. The SMILES string of the molecule is C[C@H]1COCCN1c1cc(C2(S(=O)(=O)c3ccc(C#N)cc3Cl)CC2)nc(-c2ccc(NC(=O)NCCF)cc2)n1. The van der Waals surface area contributed by atoms with Crippen molar-refractivity contribution in [2.75, 3.05) is 43.2 Å². The van der Waals surface area contributed by atoms with Crippen LogP contribution in [0.15, 0.2) is 53.4 Å². The molecule has 0 bridgehead atoms. The van der Waals surface area contributed by atoms with E-state index in [-0.39, 0.29) is 28.1 Å². The van der Waals surface area contributed by atoms with Crippen LogP contribution in [-0.4, -0.2) is 63.4 Å². The quantitative estimate of drug-likeness (QED) is 0.388. The van der Waals surface area contributed by atoms with Crippen LogP contribution in [0.2, 0.25) is 5.02 Å². The topological polar surface area (TPSA) is 137 Å². The van der Waals surface area contributed by atoms with E-state index in [0.29, 0.717) is 61.2 Å².